The molecule has 0 radical (unpaired) electrons. The number of carbonyl (C=O) groups excluding carboxylic acids is 2. The van der Waals surface area contributed by atoms with Crippen LogP contribution in [0.3, 0.4) is 0 Å². The van der Waals surface area contributed by atoms with Crippen LogP contribution in [-0.2, 0) is 4.79 Å². The van der Waals surface area contributed by atoms with Crippen molar-refractivity contribution in [3.05, 3.63) is 58.6 Å². The summed E-state index contributed by atoms with van der Waals surface area (Å²) in [5.74, 6) is -0.220. The lowest BCUT2D eigenvalue weighted by Crippen LogP contribution is -2.13. The number of carbonyl (C=O) groups is 2. The highest BCUT2D eigenvalue weighted by Gasteiger charge is 2.11. The summed E-state index contributed by atoms with van der Waals surface area (Å²) in [6.45, 7) is 2.65. The zero-order valence-corrected chi connectivity index (χ0v) is 14.9. The average Bonchev–Trinajstić information content (AvgIpc) is 3.04. The fourth-order valence-electron chi connectivity index (χ4n) is 2.58. The van der Waals surface area contributed by atoms with E-state index < -0.39 is 5.76 Å². The standard InChI is InChI=1S/C20H20N2O5/c1-2-11-26-15-6-3-13(4-7-15)17(23)8-10-19(24)21-14-5-9-18-16(12-14)22-20(25)27-18/h3-7,9,12H,2,8,10-11H2,1H3,(H,21,24)(H,22,25). The van der Waals surface area contributed by atoms with Crippen LogP contribution in [0.15, 0.2) is 51.7 Å². The number of hydrogen-bond donors (Lipinski definition) is 2. The molecule has 1 amide bonds. The molecule has 0 aliphatic rings. The summed E-state index contributed by atoms with van der Waals surface area (Å²) in [5, 5.41) is 2.71. The molecule has 0 spiro atoms. The fraction of sp³-hybridized carbons (Fsp3) is 0.250. The predicted octanol–water partition coefficient (Wildman–Crippen LogP) is 3.51. The van der Waals surface area contributed by atoms with Gasteiger partial charge in [0.1, 0.15) is 5.75 Å². The van der Waals surface area contributed by atoms with Gasteiger partial charge in [-0.05, 0) is 48.9 Å². The van der Waals surface area contributed by atoms with Gasteiger partial charge in [-0.25, -0.2) is 4.79 Å². The Kier molecular flexibility index (Phi) is 5.71. The molecule has 0 aliphatic heterocycles. The molecule has 0 bridgehead atoms. The maximum absolute atomic E-state index is 12.2. The molecule has 7 nitrogen and oxygen atoms in total. The average molecular weight is 368 g/mol. The summed E-state index contributed by atoms with van der Waals surface area (Å²) in [5.41, 5.74) is 1.98. The molecule has 2 N–H and O–H groups in total. The van der Waals surface area contributed by atoms with Crippen molar-refractivity contribution in [2.24, 2.45) is 0 Å². The Morgan fingerprint density at radius 3 is 2.63 bits per heavy atom. The molecule has 7 heteroatoms. The number of aromatic amines is 1. The SMILES string of the molecule is CCCOc1ccc(C(=O)CCC(=O)Nc2ccc3oc(=O)[nH]c3c2)cc1. The second-order valence-corrected chi connectivity index (χ2v) is 6.07. The lowest BCUT2D eigenvalue weighted by atomic mass is 10.1. The van der Waals surface area contributed by atoms with Crippen molar-refractivity contribution in [3.63, 3.8) is 0 Å². The summed E-state index contributed by atoms with van der Waals surface area (Å²) < 4.78 is 10.4. The molecule has 3 aromatic rings. The smallest absolute Gasteiger partial charge is 0.417 e. The van der Waals surface area contributed by atoms with Gasteiger partial charge < -0.3 is 14.5 Å². The molecule has 0 saturated heterocycles. The predicted molar refractivity (Wildman–Crippen MR) is 101 cm³/mol. The van der Waals surface area contributed by atoms with E-state index in [1.165, 1.54) is 0 Å². The maximum Gasteiger partial charge on any atom is 0.417 e. The number of hydrogen-bond acceptors (Lipinski definition) is 5. The minimum absolute atomic E-state index is 0.0624. The van der Waals surface area contributed by atoms with Crippen molar-refractivity contribution in [2.75, 3.05) is 11.9 Å². The first-order valence-corrected chi connectivity index (χ1v) is 8.74. The van der Waals surface area contributed by atoms with Crippen molar-refractivity contribution in [1.29, 1.82) is 0 Å². The van der Waals surface area contributed by atoms with E-state index in [4.69, 9.17) is 9.15 Å². The van der Waals surface area contributed by atoms with Gasteiger partial charge in [0.05, 0.1) is 12.1 Å². The van der Waals surface area contributed by atoms with Crippen LogP contribution in [0.5, 0.6) is 5.75 Å². The molecule has 140 valence electrons. The molecule has 0 aliphatic carbocycles. The summed E-state index contributed by atoms with van der Waals surface area (Å²) in [6.07, 6.45) is 1.08. The number of ketones is 1. The molecule has 0 unspecified atom stereocenters. The molecule has 0 atom stereocenters. The van der Waals surface area contributed by atoms with Crippen molar-refractivity contribution >= 4 is 28.5 Å². The Labute approximate surface area is 155 Å². The van der Waals surface area contributed by atoms with Gasteiger partial charge in [0.25, 0.3) is 0 Å². The number of fused-ring (bicyclic) bond motifs is 1. The van der Waals surface area contributed by atoms with Gasteiger partial charge in [-0.3, -0.25) is 14.6 Å². The minimum atomic E-state index is -0.551. The third-order valence-corrected chi connectivity index (χ3v) is 3.93. The van der Waals surface area contributed by atoms with E-state index in [-0.39, 0.29) is 24.5 Å². The van der Waals surface area contributed by atoms with Crippen LogP contribution in [0, 0.1) is 0 Å². The number of ether oxygens (including phenoxy) is 1. The largest absolute Gasteiger partial charge is 0.494 e. The van der Waals surface area contributed by atoms with Crippen molar-refractivity contribution in [3.8, 4) is 5.75 Å². The molecular weight excluding hydrogens is 348 g/mol. The van der Waals surface area contributed by atoms with Crippen molar-refractivity contribution in [2.45, 2.75) is 26.2 Å². The quantitative estimate of drug-likeness (QED) is 0.593. The number of benzene rings is 2. The number of aromatic nitrogens is 1. The third kappa shape index (κ3) is 4.84. The first-order chi connectivity index (χ1) is 13.0. The summed E-state index contributed by atoms with van der Waals surface area (Å²) >= 11 is 0. The topological polar surface area (TPSA) is 101 Å². The van der Waals surface area contributed by atoms with Crippen LogP contribution in [0.25, 0.3) is 11.1 Å². The van der Waals surface area contributed by atoms with Gasteiger partial charge in [-0.2, -0.15) is 0 Å². The summed E-state index contributed by atoms with van der Waals surface area (Å²) in [6, 6.07) is 11.7. The number of anilines is 1. The van der Waals surface area contributed by atoms with Crippen LogP contribution < -0.4 is 15.8 Å². The zero-order valence-electron chi connectivity index (χ0n) is 14.9. The van der Waals surface area contributed by atoms with E-state index in [2.05, 4.69) is 10.3 Å². The van der Waals surface area contributed by atoms with Crippen molar-refractivity contribution in [1.82, 2.24) is 4.98 Å². The Bertz CT molecular complexity index is 1000. The van der Waals surface area contributed by atoms with Gasteiger partial charge in [0, 0.05) is 24.1 Å². The maximum atomic E-state index is 12.2. The first-order valence-electron chi connectivity index (χ1n) is 8.74. The van der Waals surface area contributed by atoms with E-state index >= 15 is 0 Å². The van der Waals surface area contributed by atoms with Gasteiger partial charge >= 0.3 is 5.76 Å². The van der Waals surface area contributed by atoms with E-state index in [9.17, 15) is 14.4 Å². The van der Waals surface area contributed by atoms with Gasteiger partial charge in [-0.15, -0.1) is 0 Å². The highest BCUT2D eigenvalue weighted by Crippen LogP contribution is 2.17. The summed E-state index contributed by atoms with van der Waals surface area (Å²) in [7, 11) is 0. The molecule has 27 heavy (non-hydrogen) atoms. The lowest BCUT2D eigenvalue weighted by Gasteiger charge is -2.06. The third-order valence-electron chi connectivity index (χ3n) is 3.93. The number of rotatable bonds is 8. The Morgan fingerprint density at radius 2 is 1.89 bits per heavy atom. The molecule has 3 rings (SSSR count). The molecule has 0 fully saturated rings. The van der Waals surface area contributed by atoms with Crippen LogP contribution >= 0.6 is 0 Å². The number of amides is 1. The van der Waals surface area contributed by atoms with E-state index in [1.54, 1.807) is 42.5 Å². The van der Waals surface area contributed by atoms with Gasteiger partial charge in [0.2, 0.25) is 5.91 Å². The van der Waals surface area contributed by atoms with E-state index in [1.807, 2.05) is 6.92 Å². The highest BCUT2D eigenvalue weighted by molar-refractivity contribution is 6.00. The van der Waals surface area contributed by atoms with Crippen molar-refractivity contribution < 1.29 is 18.7 Å². The van der Waals surface area contributed by atoms with Crippen LogP contribution in [0.4, 0.5) is 5.69 Å². The monoisotopic (exact) mass is 368 g/mol. The molecule has 1 heterocycles. The number of nitrogens with one attached hydrogen (secondary N) is 2. The molecule has 2 aromatic carbocycles. The number of Topliss-reactive ketones (excluding diaryl/α,β-unsaturated/α-hetero) is 1. The van der Waals surface area contributed by atoms with Crippen LogP contribution in [0.1, 0.15) is 36.5 Å². The van der Waals surface area contributed by atoms with E-state index in [0.29, 0.717) is 29.0 Å². The minimum Gasteiger partial charge on any atom is -0.494 e. The number of H-pyrrole nitrogens is 1. The van der Waals surface area contributed by atoms with Crippen LogP contribution in [0.2, 0.25) is 0 Å². The Hall–Kier alpha value is -3.35. The summed E-state index contributed by atoms with van der Waals surface area (Å²) in [4.78, 5) is 38.0. The van der Waals surface area contributed by atoms with Gasteiger partial charge in [-0.1, -0.05) is 6.92 Å². The molecular formula is C20H20N2O5. The first kappa shape index (κ1) is 18.4. The van der Waals surface area contributed by atoms with Gasteiger partial charge in [0.15, 0.2) is 11.4 Å². The highest BCUT2D eigenvalue weighted by atomic mass is 16.5. The number of oxazole rings is 1. The Morgan fingerprint density at radius 1 is 1.11 bits per heavy atom. The van der Waals surface area contributed by atoms with Crippen LogP contribution in [-0.4, -0.2) is 23.3 Å². The lowest BCUT2D eigenvalue weighted by molar-refractivity contribution is -0.116. The second kappa shape index (κ2) is 8.35. The zero-order chi connectivity index (χ0) is 19.2. The fourth-order valence-corrected chi connectivity index (χ4v) is 2.58. The Balaban J connectivity index is 1.53. The molecule has 1 aromatic heterocycles. The normalized spacial score (nSPS) is 10.7. The second-order valence-electron chi connectivity index (χ2n) is 6.07. The molecule has 0 saturated carbocycles. The van der Waals surface area contributed by atoms with E-state index in [0.717, 1.165) is 12.2 Å².